The van der Waals surface area contributed by atoms with Crippen molar-refractivity contribution in [3.63, 3.8) is 0 Å². The fourth-order valence-electron chi connectivity index (χ4n) is 1.57. The van der Waals surface area contributed by atoms with Crippen molar-refractivity contribution in [2.75, 3.05) is 0 Å². The Morgan fingerprint density at radius 1 is 1.32 bits per heavy atom. The summed E-state index contributed by atoms with van der Waals surface area (Å²) in [6, 6.07) is 8.94. The van der Waals surface area contributed by atoms with Crippen LogP contribution in [0.25, 0.3) is 11.0 Å². The average Bonchev–Trinajstić information content (AvgIpc) is 2.78. The highest BCUT2D eigenvalue weighted by atomic mass is 19.2. The maximum atomic E-state index is 13.5. The van der Waals surface area contributed by atoms with Crippen LogP contribution in [0.15, 0.2) is 35.0 Å². The van der Waals surface area contributed by atoms with E-state index in [0.29, 0.717) is 0 Å². The molecule has 1 radical (unpaired) electrons. The summed E-state index contributed by atoms with van der Waals surface area (Å²) in [4.78, 5) is 0.179. The lowest BCUT2D eigenvalue weighted by molar-refractivity contribution is -0.782. The smallest absolute Gasteiger partial charge is 0.291 e. The third kappa shape index (κ3) is 1.85. The lowest BCUT2D eigenvalue weighted by Gasteiger charge is -2.05. The highest BCUT2D eigenvalue weighted by Gasteiger charge is 2.18. The van der Waals surface area contributed by atoms with Crippen LogP contribution in [0.1, 0.15) is 0 Å². The normalized spacial score (nSPS) is 10.8. The maximum absolute atomic E-state index is 13.5. The van der Waals surface area contributed by atoms with Gasteiger partial charge in [-0.15, -0.1) is 0 Å². The van der Waals surface area contributed by atoms with Crippen LogP contribution in [0.5, 0.6) is 11.5 Å². The summed E-state index contributed by atoms with van der Waals surface area (Å²) in [5.41, 5.74) is 0.173. The first-order valence-corrected chi connectivity index (χ1v) is 5.19. The molecule has 1 heterocycles. The van der Waals surface area contributed by atoms with Gasteiger partial charge in [0.25, 0.3) is 5.52 Å². The zero-order valence-electron chi connectivity index (χ0n) is 9.26. The lowest BCUT2D eigenvalue weighted by Crippen LogP contribution is -2.22. The molecule has 0 unspecified atom stereocenters. The standard InChI is InChI=1S/C12H5F2N2O3/c13-7-3-1-5-9(11(7)14)18-10-6-2-4-8-12(10)15-19-16(8)17/h1-5H. The van der Waals surface area contributed by atoms with Gasteiger partial charge in [0.2, 0.25) is 11.3 Å². The molecule has 0 aliphatic rings. The molecule has 0 aliphatic carbocycles. The predicted octanol–water partition coefficient (Wildman–Crippen LogP) is 2.33. The Balaban J connectivity index is 2.08. The number of aromatic nitrogens is 2. The van der Waals surface area contributed by atoms with Gasteiger partial charge in [-0.2, -0.15) is 4.39 Å². The molecule has 0 aliphatic heterocycles. The van der Waals surface area contributed by atoms with Gasteiger partial charge in [0.05, 0.1) is 5.16 Å². The van der Waals surface area contributed by atoms with Crippen molar-refractivity contribution < 1.29 is 23.0 Å². The molecule has 0 saturated carbocycles. The molecule has 3 rings (SSSR count). The Labute approximate surface area is 105 Å². The van der Waals surface area contributed by atoms with Crippen molar-refractivity contribution in [3.8, 4) is 11.5 Å². The SMILES string of the molecule is [O-][n+]1onc2c(Oc3cccc(F)c3F)[c]ccc21. The first kappa shape index (κ1) is 11.4. The summed E-state index contributed by atoms with van der Waals surface area (Å²) in [5.74, 6) is -2.53. The molecular formula is C12H5F2N2O3. The highest BCUT2D eigenvalue weighted by Crippen LogP contribution is 2.29. The number of ether oxygens (including phenoxy) is 1. The van der Waals surface area contributed by atoms with E-state index in [0.717, 1.165) is 6.07 Å². The molecule has 0 fully saturated rings. The van der Waals surface area contributed by atoms with E-state index in [4.69, 9.17) is 4.74 Å². The third-order valence-corrected chi connectivity index (χ3v) is 2.44. The van der Waals surface area contributed by atoms with E-state index in [9.17, 15) is 14.0 Å². The van der Waals surface area contributed by atoms with Gasteiger partial charge in [0.1, 0.15) is 0 Å². The molecule has 3 aromatic rings. The van der Waals surface area contributed by atoms with E-state index in [-0.39, 0.29) is 27.4 Å². The van der Waals surface area contributed by atoms with Gasteiger partial charge in [-0.25, -0.2) is 4.39 Å². The van der Waals surface area contributed by atoms with Crippen LogP contribution in [-0.2, 0) is 0 Å². The molecule has 0 saturated heterocycles. The van der Waals surface area contributed by atoms with Crippen molar-refractivity contribution in [1.82, 2.24) is 5.16 Å². The molecule has 2 aromatic carbocycles. The van der Waals surface area contributed by atoms with Gasteiger partial charge in [0, 0.05) is 6.07 Å². The van der Waals surface area contributed by atoms with Gasteiger partial charge >= 0.3 is 0 Å². The molecule has 0 bridgehead atoms. The first-order chi connectivity index (χ1) is 9.16. The first-order valence-electron chi connectivity index (χ1n) is 5.19. The molecule has 7 heteroatoms. The molecular weight excluding hydrogens is 258 g/mol. The van der Waals surface area contributed by atoms with Crippen LogP contribution >= 0.6 is 0 Å². The van der Waals surface area contributed by atoms with Gasteiger partial charge in [0.15, 0.2) is 17.3 Å². The third-order valence-electron chi connectivity index (χ3n) is 2.44. The molecule has 19 heavy (non-hydrogen) atoms. The van der Waals surface area contributed by atoms with Crippen LogP contribution < -0.4 is 9.64 Å². The van der Waals surface area contributed by atoms with E-state index in [2.05, 4.69) is 15.9 Å². The number of rotatable bonds is 2. The summed E-state index contributed by atoms with van der Waals surface area (Å²) >= 11 is 0. The second kappa shape index (κ2) is 4.20. The van der Waals surface area contributed by atoms with Crippen LogP contribution in [0, 0.1) is 22.9 Å². The number of benzene rings is 2. The molecule has 1 aromatic heterocycles. The van der Waals surface area contributed by atoms with E-state index in [1.165, 1.54) is 24.3 Å². The van der Waals surface area contributed by atoms with Crippen molar-refractivity contribution in [2.45, 2.75) is 0 Å². The van der Waals surface area contributed by atoms with Crippen LogP contribution in [0.2, 0.25) is 0 Å². The van der Waals surface area contributed by atoms with Gasteiger partial charge in [-0.05, 0) is 29.2 Å². The summed E-state index contributed by atoms with van der Waals surface area (Å²) in [6.07, 6.45) is 0. The van der Waals surface area contributed by atoms with Gasteiger partial charge in [-0.3, -0.25) is 4.63 Å². The molecule has 0 N–H and O–H groups in total. The fourth-order valence-corrected chi connectivity index (χ4v) is 1.57. The zero-order valence-corrected chi connectivity index (χ0v) is 9.26. The summed E-state index contributed by atoms with van der Waals surface area (Å²) < 4.78 is 36.1. The monoisotopic (exact) mass is 263 g/mol. The van der Waals surface area contributed by atoms with Crippen LogP contribution in [0.3, 0.4) is 0 Å². The van der Waals surface area contributed by atoms with Crippen molar-refractivity contribution in [3.05, 3.63) is 53.2 Å². The minimum absolute atomic E-state index is 0.0275. The lowest BCUT2D eigenvalue weighted by atomic mass is 10.3. The molecule has 0 amide bonds. The quantitative estimate of drug-likeness (QED) is 0.666. The van der Waals surface area contributed by atoms with Gasteiger partial charge < -0.3 is 9.94 Å². The Hall–Kier alpha value is -2.70. The number of halogens is 2. The largest absolute Gasteiger partial charge is 0.449 e. The Morgan fingerprint density at radius 3 is 3.00 bits per heavy atom. The number of fused-ring (bicyclic) bond motifs is 1. The second-order valence-corrected chi connectivity index (χ2v) is 3.62. The summed E-state index contributed by atoms with van der Waals surface area (Å²) in [5, 5.41) is 14.7. The molecule has 0 spiro atoms. The van der Waals surface area contributed by atoms with Crippen LogP contribution in [0.4, 0.5) is 8.78 Å². The Bertz CT molecular complexity index is 758. The Kier molecular flexibility index (Phi) is 2.52. The number of hydrogen-bond donors (Lipinski definition) is 0. The van der Waals surface area contributed by atoms with Crippen molar-refractivity contribution in [2.24, 2.45) is 0 Å². The average molecular weight is 263 g/mol. The topological polar surface area (TPSA) is 62.2 Å². The molecule has 5 nitrogen and oxygen atoms in total. The zero-order chi connectivity index (χ0) is 13.4. The van der Waals surface area contributed by atoms with Crippen molar-refractivity contribution >= 4 is 11.0 Å². The van der Waals surface area contributed by atoms with E-state index >= 15 is 0 Å². The second-order valence-electron chi connectivity index (χ2n) is 3.62. The van der Waals surface area contributed by atoms with Crippen LogP contribution in [-0.4, -0.2) is 5.16 Å². The minimum Gasteiger partial charge on any atom is -0.449 e. The maximum Gasteiger partial charge on any atom is 0.291 e. The molecule has 0 atom stereocenters. The fraction of sp³-hybridized carbons (Fsp3) is 0. The van der Waals surface area contributed by atoms with E-state index in [1.54, 1.807) is 0 Å². The van der Waals surface area contributed by atoms with E-state index < -0.39 is 11.6 Å². The number of nitrogens with zero attached hydrogens (tertiary/aromatic N) is 2. The Morgan fingerprint density at radius 2 is 2.16 bits per heavy atom. The number of hydrogen-bond acceptors (Lipinski definition) is 4. The van der Waals surface area contributed by atoms with Gasteiger partial charge in [-0.1, -0.05) is 6.07 Å². The summed E-state index contributed by atoms with van der Waals surface area (Å²) in [6.45, 7) is 0. The highest BCUT2D eigenvalue weighted by molar-refractivity contribution is 5.77. The molecule has 95 valence electrons. The minimum atomic E-state index is -1.13. The van der Waals surface area contributed by atoms with E-state index in [1.807, 2.05) is 0 Å². The van der Waals surface area contributed by atoms with Crippen molar-refractivity contribution in [1.29, 1.82) is 0 Å². The predicted molar refractivity (Wildman–Crippen MR) is 58.2 cm³/mol. The summed E-state index contributed by atoms with van der Waals surface area (Å²) in [7, 11) is 0.